The average Bonchev–Trinajstić information content (AvgIpc) is 2.46. The van der Waals surface area contributed by atoms with Crippen LogP contribution in [0.4, 0.5) is 0 Å². The summed E-state index contributed by atoms with van der Waals surface area (Å²) < 4.78 is 10.1. The summed E-state index contributed by atoms with van der Waals surface area (Å²) in [5, 5.41) is 0. The van der Waals surface area contributed by atoms with Crippen LogP contribution in [0.15, 0.2) is 24.3 Å². The summed E-state index contributed by atoms with van der Waals surface area (Å²) in [5.41, 5.74) is 0.594. The van der Waals surface area contributed by atoms with Gasteiger partial charge in [-0.15, -0.1) is 0 Å². The van der Waals surface area contributed by atoms with Gasteiger partial charge in [-0.3, -0.25) is 9.59 Å². The first-order valence-corrected chi connectivity index (χ1v) is 5.06. The Labute approximate surface area is 93.2 Å². The van der Waals surface area contributed by atoms with Crippen molar-refractivity contribution in [1.82, 2.24) is 0 Å². The van der Waals surface area contributed by atoms with E-state index < -0.39 is 11.9 Å². The molecule has 0 N–H and O–H groups in total. The van der Waals surface area contributed by atoms with Crippen molar-refractivity contribution < 1.29 is 19.1 Å². The van der Waals surface area contributed by atoms with Crippen molar-refractivity contribution in [2.75, 3.05) is 13.7 Å². The van der Waals surface area contributed by atoms with Gasteiger partial charge in [0.1, 0.15) is 11.7 Å². The molecule has 0 radical (unpaired) electrons. The molecule has 1 unspecified atom stereocenters. The lowest BCUT2D eigenvalue weighted by atomic mass is 9.93. The van der Waals surface area contributed by atoms with Crippen molar-refractivity contribution >= 4 is 11.8 Å². The van der Waals surface area contributed by atoms with Crippen LogP contribution in [-0.2, 0) is 14.3 Å². The van der Waals surface area contributed by atoms with Gasteiger partial charge in [-0.1, -0.05) is 18.2 Å². The highest BCUT2D eigenvalue weighted by atomic mass is 16.5. The molecule has 0 spiro atoms. The highest BCUT2D eigenvalue weighted by Crippen LogP contribution is 2.31. The van der Waals surface area contributed by atoms with Crippen LogP contribution in [0, 0.1) is 0 Å². The van der Waals surface area contributed by atoms with E-state index in [1.54, 1.807) is 18.2 Å². The zero-order valence-corrected chi connectivity index (χ0v) is 8.93. The SMILES string of the molecule is COC(=O)C1C(=O)CCOc2ccccc21. The minimum atomic E-state index is -0.844. The molecule has 2 rings (SSSR count). The number of hydrogen-bond donors (Lipinski definition) is 0. The number of hydrogen-bond acceptors (Lipinski definition) is 4. The lowest BCUT2D eigenvalue weighted by Crippen LogP contribution is -2.22. The normalized spacial score (nSPS) is 19.3. The summed E-state index contributed by atoms with van der Waals surface area (Å²) in [6, 6.07) is 7.06. The number of rotatable bonds is 1. The van der Waals surface area contributed by atoms with E-state index in [2.05, 4.69) is 4.74 Å². The molecule has 1 aromatic rings. The maximum Gasteiger partial charge on any atom is 0.320 e. The van der Waals surface area contributed by atoms with Crippen LogP contribution >= 0.6 is 0 Å². The number of carbonyl (C=O) groups is 2. The number of benzene rings is 1. The molecule has 4 nitrogen and oxygen atoms in total. The van der Waals surface area contributed by atoms with E-state index in [0.717, 1.165) is 0 Å². The average molecular weight is 220 g/mol. The molecule has 0 aromatic heterocycles. The van der Waals surface area contributed by atoms with Gasteiger partial charge in [-0.05, 0) is 6.07 Å². The van der Waals surface area contributed by atoms with Crippen molar-refractivity contribution in [3.63, 3.8) is 0 Å². The second-order valence-corrected chi connectivity index (χ2v) is 3.56. The van der Waals surface area contributed by atoms with Crippen LogP contribution < -0.4 is 4.74 Å². The fourth-order valence-corrected chi connectivity index (χ4v) is 1.81. The number of Topliss-reactive ketones (excluding diaryl/α,β-unsaturated/α-hetero) is 1. The molecule has 1 aromatic carbocycles. The monoisotopic (exact) mass is 220 g/mol. The van der Waals surface area contributed by atoms with Crippen molar-refractivity contribution in [3.05, 3.63) is 29.8 Å². The van der Waals surface area contributed by atoms with E-state index in [1.165, 1.54) is 7.11 Å². The molecular weight excluding hydrogens is 208 g/mol. The number of methoxy groups -OCH3 is 1. The number of para-hydroxylation sites is 1. The summed E-state index contributed by atoms with van der Waals surface area (Å²) in [6.07, 6.45) is 0.231. The Bertz CT molecular complexity index is 425. The second kappa shape index (κ2) is 4.35. The summed E-state index contributed by atoms with van der Waals surface area (Å²) in [6.45, 7) is 0.309. The number of ketones is 1. The van der Waals surface area contributed by atoms with Crippen LogP contribution in [0.2, 0.25) is 0 Å². The predicted molar refractivity (Wildman–Crippen MR) is 56.3 cm³/mol. The van der Waals surface area contributed by atoms with Crippen molar-refractivity contribution in [2.24, 2.45) is 0 Å². The zero-order valence-electron chi connectivity index (χ0n) is 8.93. The molecule has 1 aliphatic heterocycles. The van der Waals surface area contributed by atoms with Gasteiger partial charge in [-0.2, -0.15) is 0 Å². The Balaban J connectivity index is 2.48. The van der Waals surface area contributed by atoms with Gasteiger partial charge in [0.25, 0.3) is 0 Å². The fourth-order valence-electron chi connectivity index (χ4n) is 1.81. The third-order valence-corrected chi connectivity index (χ3v) is 2.59. The van der Waals surface area contributed by atoms with Gasteiger partial charge in [0.15, 0.2) is 5.78 Å². The molecule has 0 saturated heterocycles. The molecular formula is C12H12O4. The number of ether oxygens (including phenoxy) is 2. The van der Waals surface area contributed by atoms with Gasteiger partial charge >= 0.3 is 5.97 Å². The first-order chi connectivity index (χ1) is 7.74. The van der Waals surface area contributed by atoms with Crippen LogP contribution in [0.1, 0.15) is 17.9 Å². The third-order valence-electron chi connectivity index (χ3n) is 2.59. The first kappa shape index (κ1) is 10.7. The quantitative estimate of drug-likeness (QED) is 0.528. The Kier molecular flexibility index (Phi) is 2.90. The lowest BCUT2D eigenvalue weighted by Gasteiger charge is -2.12. The molecule has 84 valence electrons. The van der Waals surface area contributed by atoms with Gasteiger partial charge in [-0.25, -0.2) is 0 Å². The number of esters is 1. The Morgan fingerprint density at radius 2 is 2.19 bits per heavy atom. The van der Waals surface area contributed by atoms with E-state index in [4.69, 9.17) is 4.74 Å². The highest BCUT2D eigenvalue weighted by molar-refractivity contribution is 6.05. The van der Waals surface area contributed by atoms with Crippen LogP contribution in [0.25, 0.3) is 0 Å². The highest BCUT2D eigenvalue weighted by Gasteiger charge is 2.33. The predicted octanol–water partition coefficient (Wildman–Crippen LogP) is 1.29. The van der Waals surface area contributed by atoms with E-state index in [-0.39, 0.29) is 12.2 Å². The third kappa shape index (κ3) is 1.78. The molecule has 0 saturated carbocycles. The minimum absolute atomic E-state index is 0.156. The Morgan fingerprint density at radius 1 is 1.44 bits per heavy atom. The molecule has 1 atom stereocenters. The standard InChI is InChI=1S/C12H12O4/c1-15-12(14)11-8-4-2-3-5-10(8)16-7-6-9(11)13/h2-5,11H,6-7H2,1H3. The number of carbonyl (C=O) groups excluding carboxylic acids is 2. The zero-order chi connectivity index (χ0) is 11.5. The largest absolute Gasteiger partial charge is 0.493 e. The van der Waals surface area contributed by atoms with Gasteiger partial charge in [0, 0.05) is 12.0 Å². The summed E-state index contributed by atoms with van der Waals surface area (Å²) in [7, 11) is 1.28. The molecule has 4 heteroatoms. The molecule has 0 aliphatic carbocycles. The van der Waals surface area contributed by atoms with Crippen molar-refractivity contribution in [1.29, 1.82) is 0 Å². The smallest absolute Gasteiger partial charge is 0.320 e. The molecule has 0 bridgehead atoms. The van der Waals surface area contributed by atoms with Crippen LogP contribution in [-0.4, -0.2) is 25.5 Å². The van der Waals surface area contributed by atoms with Crippen LogP contribution in [0.3, 0.4) is 0 Å². The van der Waals surface area contributed by atoms with E-state index in [9.17, 15) is 9.59 Å². The lowest BCUT2D eigenvalue weighted by molar-refractivity contribution is -0.145. The molecule has 0 fully saturated rings. The van der Waals surface area contributed by atoms with E-state index in [0.29, 0.717) is 17.9 Å². The minimum Gasteiger partial charge on any atom is -0.493 e. The molecule has 1 aliphatic rings. The van der Waals surface area contributed by atoms with Gasteiger partial charge < -0.3 is 9.47 Å². The Morgan fingerprint density at radius 3 is 2.94 bits per heavy atom. The summed E-state index contributed by atoms with van der Waals surface area (Å²) in [4.78, 5) is 23.4. The van der Waals surface area contributed by atoms with E-state index >= 15 is 0 Å². The second-order valence-electron chi connectivity index (χ2n) is 3.56. The summed E-state index contributed by atoms with van der Waals surface area (Å²) >= 11 is 0. The maximum absolute atomic E-state index is 11.8. The van der Waals surface area contributed by atoms with Crippen molar-refractivity contribution in [2.45, 2.75) is 12.3 Å². The topological polar surface area (TPSA) is 52.6 Å². The van der Waals surface area contributed by atoms with E-state index in [1.807, 2.05) is 6.07 Å². The van der Waals surface area contributed by atoms with Crippen molar-refractivity contribution in [3.8, 4) is 5.75 Å². The number of fused-ring (bicyclic) bond motifs is 1. The molecule has 1 heterocycles. The first-order valence-electron chi connectivity index (χ1n) is 5.06. The Hall–Kier alpha value is -1.84. The summed E-state index contributed by atoms with van der Waals surface area (Å²) in [5.74, 6) is -0.938. The fraction of sp³-hybridized carbons (Fsp3) is 0.333. The molecule has 0 amide bonds. The van der Waals surface area contributed by atoms with Crippen LogP contribution in [0.5, 0.6) is 5.75 Å². The maximum atomic E-state index is 11.8. The van der Waals surface area contributed by atoms with Gasteiger partial charge in [0.2, 0.25) is 0 Å². The molecule has 16 heavy (non-hydrogen) atoms. The van der Waals surface area contributed by atoms with Gasteiger partial charge in [0.05, 0.1) is 13.7 Å².